The molecule has 0 saturated heterocycles. The van der Waals surface area contributed by atoms with Gasteiger partial charge in [-0.15, -0.1) is 0 Å². The number of benzene rings is 2. The van der Waals surface area contributed by atoms with Crippen LogP contribution in [0.3, 0.4) is 0 Å². The number of nitrogens with zero attached hydrogens (tertiary/aromatic N) is 3. The number of halogens is 7. The van der Waals surface area contributed by atoms with Crippen LogP contribution in [0, 0.1) is 18.3 Å². The first kappa shape index (κ1) is 34.3. The van der Waals surface area contributed by atoms with Crippen LogP contribution in [0.5, 0.6) is 0 Å². The molecule has 0 bridgehead atoms. The molecule has 2 aromatic carbocycles. The molecule has 0 aliphatic rings. The van der Waals surface area contributed by atoms with Gasteiger partial charge in [-0.05, 0) is 49.2 Å². The van der Waals surface area contributed by atoms with E-state index in [0.717, 1.165) is 6.26 Å². The molecule has 0 radical (unpaired) electrons. The van der Waals surface area contributed by atoms with Crippen molar-refractivity contribution in [2.75, 3.05) is 17.3 Å². The van der Waals surface area contributed by atoms with Crippen LogP contribution in [-0.2, 0) is 22.2 Å². The molecule has 0 aliphatic heterocycles. The van der Waals surface area contributed by atoms with Gasteiger partial charge in [0.25, 0.3) is 11.8 Å². The molecular formula is C27H22ClF6N5O4S. The summed E-state index contributed by atoms with van der Waals surface area (Å²) in [6.45, 7) is 2.89. The fraction of sp³-hybridized carbons (Fsp3) is 0.296. The Hall–Kier alpha value is -4.23. The van der Waals surface area contributed by atoms with Crippen molar-refractivity contribution in [1.82, 2.24) is 15.3 Å². The third kappa shape index (κ3) is 8.44. The maximum absolute atomic E-state index is 13.3. The van der Waals surface area contributed by atoms with Crippen molar-refractivity contribution in [1.29, 1.82) is 5.26 Å². The van der Waals surface area contributed by atoms with E-state index in [1.807, 2.05) is 0 Å². The minimum atomic E-state index is -5.25. The summed E-state index contributed by atoms with van der Waals surface area (Å²) in [6, 6.07) is 8.26. The molecule has 3 rings (SSSR count). The normalized spacial score (nSPS) is 13.5. The summed E-state index contributed by atoms with van der Waals surface area (Å²) in [4.78, 5) is 32.4. The zero-order chi connectivity index (χ0) is 33.2. The lowest BCUT2D eigenvalue weighted by Crippen LogP contribution is -2.38. The Morgan fingerprint density at radius 3 is 2.09 bits per heavy atom. The highest BCUT2D eigenvalue weighted by atomic mass is 35.5. The molecule has 1 unspecified atom stereocenters. The lowest BCUT2D eigenvalue weighted by molar-refractivity contribution is -0.148. The molecule has 2 N–H and O–H groups in total. The number of sulfone groups is 1. The van der Waals surface area contributed by atoms with E-state index in [0.29, 0.717) is 0 Å². The topological polar surface area (TPSA) is 142 Å². The fourth-order valence-corrected chi connectivity index (χ4v) is 5.35. The zero-order valence-corrected chi connectivity index (χ0v) is 24.5. The Morgan fingerprint density at radius 2 is 1.59 bits per heavy atom. The number of alkyl halides is 6. The number of amides is 2. The highest BCUT2D eigenvalue weighted by Crippen LogP contribution is 2.35. The van der Waals surface area contributed by atoms with Crippen LogP contribution >= 0.6 is 11.6 Å². The number of anilines is 1. The molecule has 0 saturated carbocycles. The Labute approximate surface area is 252 Å². The first-order valence-corrected chi connectivity index (χ1v) is 14.8. The number of rotatable bonds is 8. The second kappa shape index (κ2) is 12.8. The summed E-state index contributed by atoms with van der Waals surface area (Å²) < 4.78 is 103. The van der Waals surface area contributed by atoms with E-state index in [2.05, 4.69) is 20.6 Å². The van der Waals surface area contributed by atoms with Gasteiger partial charge in [-0.25, -0.2) is 18.4 Å². The Morgan fingerprint density at radius 1 is 1.00 bits per heavy atom. The fourth-order valence-electron chi connectivity index (χ4n) is 4.10. The summed E-state index contributed by atoms with van der Waals surface area (Å²) in [5.74, 6) is -4.77. The van der Waals surface area contributed by atoms with Crippen molar-refractivity contribution in [2.24, 2.45) is 0 Å². The molecule has 1 aromatic heterocycles. The van der Waals surface area contributed by atoms with Crippen LogP contribution in [-0.4, -0.2) is 48.3 Å². The quantitative estimate of drug-likeness (QED) is 0.302. The summed E-state index contributed by atoms with van der Waals surface area (Å²) in [5.41, 5.74) is -3.87. The van der Waals surface area contributed by atoms with E-state index in [1.165, 1.54) is 50.2 Å². The number of hydrogen-bond donors (Lipinski definition) is 2. The van der Waals surface area contributed by atoms with E-state index in [4.69, 9.17) is 11.6 Å². The predicted octanol–water partition coefficient (Wildman–Crippen LogP) is 5.55. The number of aromatic nitrogens is 2. The maximum atomic E-state index is 13.3. The largest absolute Gasteiger partial charge is 0.433 e. The summed E-state index contributed by atoms with van der Waals surface area (Å²) in [5, 5.41) is 14.6. The predicted molar refractivity (Wildman–Crippen MR) is 147 cm³/mol. The second-order valence-corrected chi connectivity index (χ2v) is 12.3. The molecule has 17 heteroatoms. The van der Waals surface area contributed by atoms with Crippen molar-refractivity contribution in [3.05, 3.63) is 87.0 Å². The molecule has 0 fully saturated rings. The molecule has 0 aliphatic carbocycles. The average molecular weight is 662 g/mol. The Bertz CT molecular complexity index is 1720. The van der Waals surface area contributed by atoms with E-state index in [1.54, 1.807) is 6.07 Å². The van der Waals surface area contributed by atoms with Gasteiger partial charge in [0.1, 0.15) is 27.1 Å². The van der Waals surface area contributed by atoms with Crippen LogP contribution in [0.1, 0.15) is 61.9 Å². The minimum absolute atomic E-state index is 0.0573. The van der Waals surface area contributed by atoms with Gasteiger partial charge in [0, 0.05) is 18.0 Å². The van der Waals surface area contributed by atoms with Gasteiger partial charge in [0.15, 0.2) is 5.82 Å². The van der Waals surface area contributed by atoms with Crippen molar-refractivity contribution in [2.45, 2.75) is 38.2 Å². The number of aryl methyl sites for hydroxylation is 1. The summed E-state index contributed by atoms with van der Waals surface area (Å²) in [6.07, 6.45) is -9.50. The van der Waals surface area contributed by atoms with Crippen molar-refractivity contribution >= 4 is 38.9 Å². The van der Waals surface area contributed by atoms with Crippen LogP contribution < -0.4 is 10.6 Å². The number of nitriles is 1. The van der Waals surface area contributed by atoms with E-state index in [-0.39, 0.29) is 44.8 Å². The molecule has 44 heavy (non-hydrogen) atoms. The molecule has 0 spiro atoms. The number of hydrogen-bond acceptors (Lipinski definition) is 7. The van der Waals surface area contributed by atoms with Crippen LogP contribution in [0.4, 0.5) is 32.0 Å². The molecule has 3 aromatic rings. The molecule has 234 valence electrons. The summed E-state index contributed by atoms with van der Waals surface area (Å²) in [7, 11) is -3.44. The van der Waals surface area contributed by atoms with Gasteiger partial charge in [-0.1, -0.05) is 29.8 Å². The lowest BCUT2D eigenvalue weighted by Gasteiger charge is -2.17. The molecule has 2 amide bonds. The van der Waals surface area contributed by atoms with Gasteiger partial charge in [0.2, 0.25) is 0 Å². The molecule has 1 heterocycles. The number of nitrogens with one attached hydrogen (secondary N) is 2. The maximum Gasteiger partial charge on any atom is 0.433 e. The highest BCUT2D eigenvalue weighted by molar-refractivity contribution is 7.90. The first-order chi connectivity index (χ1) is 20.2. The smallest absolute Gasteiger partial charge is 0.348 e. The van der Waals surface area contributed by atoms with Crippen LogP contribution in [0.2, 0.25) is 5.02 Å². The molecule has 9 nitrogen and oxygen atoms in total. The Balaban J connectivity index is 1.93. The van der Waals surface area contributed by atoms with E-state index < -0.39 is 63.2 Å². The van der Waals surface area contributed by atoms with Crippen molar-refractivity contribution in [3.8, 4) is 6.07 Å². The first-order valence-electron chi connectivity index (χ1n) is 12.3. The summed E-state index contributed by atoms with van der Waals surface area (Å²) >= 11 is 6.19. The Kier molecular flexibility index (Phi) is 9.96. The van der Waals surface area contributed by atoms with Crippen molar-refractivity contribution in [3.63, 3.8) is 0 Å². The minimum Gasteiger partial charge on any atom is -0.348 e. The third-order valence-corrected chi connectivity index (χ3v) is 7.38. The third-order valence-electron chi connectivity index (χ3n) is 5.96. The van der Waals surface area contributed by atoms with Crippen LogP contribution in [0.25, 0.3) is 0 Å². The highest BCUT2D eigenvalue weighted by Gasteiger charge is 2.40. The second-order valence-electron chi connectivity index (χ2n) is 9.71. The van der Waals surface area contributed by atoms with Gasteiger partial charge in [0.05, 0.1) is 28.0 Å². The molecular weight excluding hydrogens is 640 g/mol. The monoisotopic (exact) mass is 661 g/mol. The van der Waals surface area contributed by atoms with Crippen molar-refractivity contribution < 1.29 is 44.3 Å². The standard InChI is InChI=1S/C27H22ClF6N5O4S/c1-13-9-15(17(11-35)23-38-20(26(29,30)31)10-21(39-23)27(32,33)34)7-8-19(13)37-24(40)16-5-4-6-18(28)22(16)25(41)36-14(2)12-44(3,42)43/h4-10,14,17H,12H2,1-3H3,(H,36,41)(H,37,40)/t14-,17?/m1/s1. The average Bonchev–Trinajstić information content (AvgIpc) is 2.88. The lowest BCUT2D eigenvalue weighted by atomic mass is 9.96. The van der Waals surface area contributed by atoms with Gasteiger partial charge >= 0.3 is 12.4 Å². The molecule has 2 atom stereocenters. The SMILES string of the molecule is Cc1cc(C(C#N)c2nc(C(F)(F)F)cc(C(F)(F)F)n2)ccc1NC(=O)c1cccc(Cl)c1C(=O)N[C@H](C)CS(C)(=O)=O. The van der Waals surface area contributed by atoms with Crippen LogP contribution in [0.15, 0.2) is 42.5 Å². The van der Waals surface area contributed by atoms with Gasteiger partial charge in [-0.2, -0.15) is 31.6 Å². The number of carbonyl (C=O) groups is 2. The number of carbonyl (C=O) groups excluding carboxylic acids is 2. The van der Waals surface area contributed by atoms with E-state index >= 15 is 0 Å². The van der Waals surface area contributed by atoms with Gasteiger partial charge < -0.3 is 10.6 Å². The van der Waals surface area contributed by atoms with E-state index in [9.17, 15) is 49.6 Å². The zero-order valence-electron chi connectivity index (χ0n) is 22.9. The van der Waals surface area contributed by atoms with Gasteiger partial charge in [-0.3, -0.25) is 9.59 Å².